The van der Waals surface area contributed by atoms with Gasteiger partial charge in [0.15, 0.2) is 0 Å². The maximum Gasteiger partial charge on any atom is 0.116 e. The molecule has 0 aromatic carbocycles. The molecule has 1 aliphatic carbocycles. The van der Waals surface area contributed by atoms with Crippen LogP contribution in [0.1, 0.15) is 51.9 Å². The van der Waals surface area contributed by atoms with E-state index in [0.29, 0.717) is 0 Å². The zero-order valence-corrected chi connectivity index (χ0v) is 13.3. The lowest BCUT2D eigenvalue weighted by molar-refractivity contribution is -0.187. The van der Waals surface area contributed by atoms with Crippen molar-refractivity contribution in [2.45, 2.75) is 69.6 Å². The van der Waals surface area contributed by atoms with Crippen molar-refractivity contribution in [1.82, 2.24) is 0 Å². The van der Waals surface area contributed by atoms with E-state index in [4.69, 9.17) is 20.9 Å². The van der Waals surface area contributed by atoms with Gasteiger partial charge in [-0.2, -0.15) is 0 Å². The molecule has 2 rings (SSSR count). The van der Waals surface area contributed by atoms with E-state index in [2.05, 4.69) is 25.0 Å². The standard InChI is InChI=1S/C18H27NO2/c1-4-5-6-7-10-15(2)19-16-11-8-12-17-18(16,20-3)13-9-14-21-17/h1,7,10,16-17H,5-6,8-9,11-14H2,2-3H3/b10-7-,19-15?. The van der Waals surface area contributed by atoms with Crippen molar-refractivity contribution in [3.63, 3.8) is 0 Å². The lowest BCUT2D eigenvalue weighted by Gasteiger charge is -2.49. The second-order valence-corrected chi connectivity index (χ2v) is 5.98. The van der Waals surface area contributed by atoms with Gasteiger partial charge in [0.2, 0.25) is 0 Å². The third-order valence-corrected chi connectivity index (χ3v) is 4.64. The van der Waals surface area contributed by atoms with Crippen LogP contribution in [-0.2, 0) is 9.47 Å². The number of fused-ring (bicyclic) bond motifs is 1. The summed E-state index contributed by atoms with van der Waals surface area (Å²) in [6.45, 7) is 2.92. The van der Waals surface area contributed by atoms with Gasteiger partial charge in [-0.05, 0) is 51.5 Å². The number of aliphatic imine (C=N–C) groups is 1. The fourth-order valence-corrected chi connectivity index (χ4v) is 3.58. The van der Waals surface area contributed by atoms with Crippen LogP contribution in [0.5, 0.6) is 0 Å². The Morgan fingerprint density at radius 1 is 1.48 bits per heavy atom. The van der Waals surface area contributed by atoms with E-state index in [1.807, 2.05) is 7.11 Å². The quantitative estimate of drug-likeness (QED) is 0.440. The molecular formula is C18H27NO2. The van der Waals surface area contributed by atoms with Crippen molar-refractivity contribution in [2.24, 2.45) is 4.99 Å². The molecule has 0 spiro atoms. The van der Waals surface area contributed by atoms with Gasteiger partial charge in [-0.15, -0.1) is 12.3 Å². The Bertz CT molecular complexity index is 433. The monoisotopic (exact) mass is 289 g/mol. The van der Waals surface area contributed by atoms with Gasteiger partial charge in [0.1, 0.15) is 5.60 Å². The Balaban J connectivity index is 2.09. The molecule has 2 aliphatic rings. The molecule has 0 amide bonds. The molecule has 3 atom stereocenters. The molecule has 1 saturated carbocycles. The summed E-state index contributed by atoms with van der Waals surface area (Å²) in [7, 11) is 1.81. The van der Waals surface area contributed by atoms with E-state index in [-0.39, 0.29) is 17.7 Å². The van der Waals surface area contributed by atoms with Gasteiger partial charge < -0.3 is 9.47 Å². The first-order valence-electron chi connectivity index (χ1n) is 8.04. The first-order chi connectivity index (χ1) is 10.2. The van der Waals surface area contributed by atoms with Crippen molar-refractivity contribution < 1.29 is 9.47 Å². The number of rotatable bonds is 5. The highest BCUT2D eigenvalue weighted by Crippen LogP contribution is 2.41. The fraction of sp³-hybridized carbons (Fsp3) is 0.722. The molecule has 116 valence electrons. The second kappa shape index (κ2) is 7.77. The minimum absolute atomic E-state index is 0.206. The van der Waals surface area contributed by atoms with Gasteiger partial charge in [-0.25, -0.2) is 0 Å². The van der Waals surface area contributed by atoms with Crippen molar-refractivity contribution in [3.05, 3.63) is 12.2 Å². The minimum Gasteiger partial charge on any atom is -0.375 e. The Hall–Kier alpha value is -1.11. The van der Waals surface area contributed by atoms with Crippen LogP contribution in [0, 0.1) is 12.3 Å². The fourth-order valence-electron chi connectivity index (χ4n) is 3.58. The highest BCUT2D eigenvalue weighted by Gasteiger charge is 2.50. The molecule has 1 saturated heterocycles. The summed E-state index contributed by atoms with van der Waals surface area (Å²) in [6, 6.07) is 0.207. The number of terminal acetylenes is 1. The SMILES string of the molecule is C#CCC/C=C\C(C)=NC1CCCC2OCCCC12OC. The van der Waals surface area contributed by atoms with E-state index in [1.165, 1.54) is 0 Å². The molecule has 0 radical (unpaired) electrons. The maximum atomic E-state index is 5.97. The van der Waals surface area contributed by atoms with Crippen LogP contribution >= 0.6 is 0 Å². The maximum absolute atomic E-state index is 5.97. The summed E-state index contributed by atoms with van der Waals surface area (Å²) in [6.07, 6.45) is 16.8. The number of unbranched alkanes of at least 4 members (excludes halogenated alkanes) is 1. The van der Waals surface area contributed by atoms with E-state index >= 15 is 0 Å². The lowest BCUT2D eigenvalue weighted by atomic mass is 9.74. The van der Waals surface area contributed by atoms with Gasteiger partial charge in [-0.1, -0.05) is 6.08 Å². The van der Waals surface area contributed by atoms with Crippen LogP contribution in [0.25, 0.3) is 0 Å². The van der Waals surface area contributed by atoms with Crippen LogP contribution in [0.2, 0.25) is 0 Å². The van der Waals surface area contributed by atoms with Crippen LogP contribution in [0.15, 0.2) is 17.1 Å². The molecule has 0 aromatic heterocycles. The van der Waals surface area contributed by atoms with Crippen LogP contribution in [-0.4, -0.2) is 37.2 Å². The zero-order valence-electron chi connectivity index (χ0n) is 13.3. The molecule has 1 heterocycles. The van der Waals surface area contributed by atoms with E-state index in [1.54, 1.807) is 0 Å². The highest BCUT2D eigenvalue weighted by molar-refractivity contribution is 5.92. The molecule has 21 heavy (non-hydrogen) atoms. The average Bonchev–Trinajstić information content (AvgIpc) is 2.52. The Morgan fingerprint density at radius 2 is 2.33 bits per heavy atom. The van der Waals surface area contributed by atoms with Crippen molar-refractivity contribution in [3.8, 4) is 12.3 Å². The van der Waals surface area contributed by atoms with Crippen LogP contribution in [0.3, 0.4) is 0 Å². The Labute approximate surface area is 128 Å². The zero-order chi connectivity index (χ0) is 15.1. The second-order valence-electron chi connectivity index (χ2n) is 5.98. The number of nitrogens with zero attached hydrogens (tertiary/aromatic N) is 1. The van der Waals surface area contributed by atoms with Crippen molar-refractivity contribution >= 4 is 5.71 Å². The smallest absolute Gasteiger partial charge is 0.116 e. The third-order valence-electron chi connectivity index (χ3n) is 4.64. The Morgan fingerprint density at radius 3 is 3.10 bits per heavy atom. The number of allylic oxidation sites excluding steroid dienone is 2. The molecule has 0 bridgehead atoms. The third kappa shape index (κ3) is 3.75. The predicted octanol–water partition coefficient (Wildman–Crippen LogP) is 3.53. The summed E-state index contributed by atoms with van der Waals surface area (Å²) in [5.74, 6) is 2.65. The van der Waals surface area contributed by atoms with E-state index < -0.39 is 0 Å². The van der Waals surface area contributed by atoms with Gasteiger partial charge in [0, 0.05) is 25.8 Å². The molecule has 3 heteroatoms. The van der Waals surface area contributed by atoms with Gasteiger partial charge in [0.25, 0.3) is 0 Å². The molecule has 2 fully saturated rings. The number of ether oxygens (including phenoxy) is 2. The normalized spacial score (nSPS) is 33.7. The molecule has 3 nitrogen and oxygen atoms in total. The summed E-state index contributed by atoms with van der Waals surface area (Å²) in [4.78, 5) is 4.93. The van der Waals surface area contributed by atoms with Gasteiger partial charge in [-0.3, -0.25) is 4.99 Å². The molecule has 1 aliphatic heterocycles. The van der Waals surface area contributed by atoms with Crippen molar-refractivity contribution in [1.29, 1.82) is 0 Å². The van der Waals surface area contributed by atoms with Crippen molar-refractivity contribution in [2.75, 3.05) is 13.7 Å². The summed E-state index contributed by atoms with van der Waals surface area (Å²) >= 11 is 0. The molecule has 0 N–H and O–H groups in total. The van der Waals surface area contributed by atoms with Gasteiger partial charge in [0.05, 0.1) is 12.1 Å². The average molecular weight is 289 g/mol. The first-order valence-corrected chi connectivity index (χ1v) is 8.04. The Kier molecular flexibility index (Phi) is 6.02. The number of hydrogen-bond donors (Lipinski definition) is 0. The van der Waals surface area contributed by atoms with E-state index in [0.717, 1.165) is 57.3 Å². The predicted molar refractivity (Wildman–Crippen MR) is 86.7 cm³/mol. The molecule has 3 unspecified atom stereocenters. The first kappa shape index (κ1) is 16.3. The largest absolute Gasteiger partial charge is 0.375 e. The molecular weight excluding hydrogens is 262 g/mol. The minimum atomic E-state index is -0.218. The number of hydrogen-bond acceptors (Lipinski definition) is 3. The summed E-state index contributed by atoms with van der Waals surface area (Å²) in [5, 5.41) is 0. The van der Waals surface area contributed by atoms with E-state index in [9.17, 15) is 0 Å². The van der Waals surface area contributed by atoms with Gasteiger partial charge >= 0.3 is 0 Å². The van der Waals surface area contributed by atoms with Crippen LogP contribution < -0.4 is 0 Å². The summed E-state index contributed by atoms with van der Waals surface area (Å²) in [5.41, 5.74) is 0.837. The highest BCUT2D eigenvalue weighted by atomic mass is 16.5. The summed E-state index contributed by atoms with van der Waals surface area (Å²) < 4.78 is 11.9. The topological polar surface area (TPSA) is 30.8 Å². The number of methoxy groups -OCH3 is 1. The van der Waals surface area contributed by atoms with Crippen LogP contribution in [0.4, 0.5) is 0 Å². The molecule has 0 aromatic rings. The lowest BCUT2D eigenvalue weighted by Crippen LogP contribution is -2.58.